The third kappa shape index (κ3) is 2.85. The molecule has 1 heterocycles. The fraction of sp³-hybridized carbons (Fsp3) is 0.545. The number of sulfonamides is 1. The largest absolute Gasteiger partial charge is 0.330 e. The Morgan fingerprint density at radius 1 is 1.44 bits per heavy atom. The predicted octanol–water partition coefficient (Wildman–Crippen LogP) is 0.626. The monoisotopic (exact) mass is 273 g/mol. The number of hydrogen-bond donors (Lipinski definition) is 2. The van der Waals surface area contributed by atoms with Gasteiger partial charge in [-0.15, -0.1) is 0 Å². The molecule has 7 heteroatoms. The van der Waals surface area contributed by atoms with Gasteiger partial charge in [-0.1, -0.05) is 6.42 Å². The number of nitrogens with one attached hydrogen (secondary N) is 1. The Morgan fingerprint density at radius 3 is 2.89 bits per heavy atom. The summed E-state index contributed by atoms with van der Waals surface area (Å²) in [7, 11) is -3.72. The minimum absolute atomic E-state index is 0.148. The lowest BCUT2D eigenvalue weighted by Gasteiger charge is -2.19. The van der Waals surface area contributed by atoms with Gasteiger partial charge in [0.1, 0.15) is 10.7 Å². The molecule has 1 aromatic rings. The van der Waals surface area contributed by atoms with Gasteiger partial charge in [-0.25, -0.2) is 17.5 Å². The summed E-state index contributed by atoms with van der Waals surface area (Å²) in [5, 5.41) is 0. The molecule has 0 spiro atoms. The minimum atomic E-state index is -3.72. The van der Waals surface area contributed by atoms with Crippen molar-refractivity contribution in [2.24, 2.45) is 11.7 Å². The first-order chi connectivity index (χ1) is 8.53. The van der Waals surface area contributed by atoms with Crippen molar-refractivity contribution in [1.29, 1.82) is 0 Å². The zero-order chi connectivity index (χ0) is 13.2. The van der Waals surface area contributed by atoms with Crippen LogP contribution in [0, 0.1) is 11.7 Å². The third-order valence-corrected chi connectivity index (χ3v) is 4.72. The lowest BCUT2D eigenvalue weighted by Crippen LogP contribution is -2.39. The molecular formula is C11H16FN3O2S. The van der Waals surface area contributed by atoms with Crippen molar-refractivity contribution < 1.29 is 12.8 Å². The second-order valence-corrected chi connectivity index (χ2v) is 6.21. The second-order valence-electron chi connectivity index (χ2n) is 4.49. The van der Waals surface area contributed by atoms with Gasteiger partial charge in [0, 0.05) is 12.2 Å². The average Bonchev–Trinajstić information content (AvgIpc) is 2.75. The van der Waals surface area contributed by atoms with Crippen molar-refractivity contribution in [2.75, 3.05) is 6.54 Å². The molecule has 0 bridgehead atoms. The summed E-state index contributed by atoms with van der Waals surface area (Å²) < 4.78 is 39.7. The van der Waals surface area contributed by atoms with E-state index in [1.807, 2.05) is 0 Å². The lowest BCUT2D eigenvalue weighted by molar-refractivity contribution is 0.452. The van der Waals surface area contributed by atoms with E-state index in [9.17, 15) is 12.8 Å². The SMILES string of the molecule is NCC1CCCC1NS(=O)(=O)c1cncc(F)c1. The fourth-order valence-electron chi connectivity index (χ4n) is 2.28. The summed E-state index contributed by atoms with van der Waals surface area (Å²) in [4.78, 5) is 3.40. The van der Waals surface area contributed by atoms with Crippen molar-refractivity contribution in [3.63, 3.8) is 0 Å². The number of rotatable bonds is 4. The maximum absolute atomic E-state index is 13.0. The van der Waals surface area contributed by atoms with Crippen LogP contribution in [0.3, 0.4) is 0 Å². The first kappa shape index (κ1) is 13.4. The Labute approximate surface area is 106 Å². The van der Waals surface area contributed by atoms with E-state index < -0.39 is 15.8 Å². The Balaban J connectivity index is 2.17. The standard InChI is InChI=1S/C11H16FN3O2S/c12-9-4-10(7-14-6-9)18(16,17)15-11-3-1-2-8(11)5-13/h4,6-8,11,15H,1-3,5,13H2. The summed E-state index contributed by atoms with van der Waals surface area (Å²) in [5.41, 5.74) is 5.60. The minimum Gasteiger partial charge on any atom is -0.330 e. The van der Waals surface area contributed by atoms with Crippen LogP contribution >= 0.6 is 0 Å². The quantitative estimate of drug-likeness (QED) is 0.842. The van der Waals surface area contributed by atoms with Crippen molar-refractivity contribution in [3.05, 3.63) is 24.3 Å². The van der Waals surface area contributed by atoms with E-state index in [0.29, 0.717) is 6.54 Å². The highest BCUT2D eigenvalue weighted by Crippen LogP contribution is 2.26. The number of aromatic nitrogens is 1. The molecule has 0 aliphatic heterocycles. The average molecular weight is 273 g/mol. The number of halogens is 1. The molecule has 3 N–H and O–H groups in total. The van der Waals surface area contributed by atoms with Crippen molar-refractivity contribution in [2.45, 2.75) is 30.2 Å². The number of nitrogens with two attached hydrogens (primary N) is 1. The fourth-order valence-corrected chi connectivity index (χ4v) is 3.59. The van der Waals surface area contributed by atoms with Crippen LogP contribution in [0.2, 0.25) is 0 Å². The molecule has 100 valence electrons. The van der Waals surface area contributed by atoms with Crippen LogP contribution in [0.4, 0.5) is 4.39 Å². The van der Waals surface area contributed by atoms with Gasteiger partial charge in [-0.05, 0) is 31.4 Å². The van der Waals surface area contributed by atoms with Gasteiger partial charge in [-0.2, -0.15) is 0 Å². The molecule has 2 rings (SSSR count). The van der Waals surface area contributed by atoms with E-state index in [2.05, 4.69) is 9.71 Å². The van der Waals surface area contributed by atoms with Crippen LogP contribution in [0.5, 0.6) is 0 Å². The first-order valence-electron chi connectivity index (χ1n) is 5.86. The summed E-state index contributed by atoms with van der Waals surface area (Å²) in [6.45, 7) is 0.453. The molecule has 0 radical (unpaired) electrons. The topological polar surface area (TPSA) is 85.1 Å². The molecule has 5 nitrogen and oxygen atoms in total. The molecule has 1 fully saturated rings. The second kappa shape index (κ2) is 5.29. The highest BCUT2D eigenvalue weighted by Gasteiger charge is 2.30. The third-order valence-electron chi connectivity index (χ3n) is 3.26. The maximum Gasteiger partial charge on any atom is 0.242 e. The van der Waals surface area contributed by atoms with E-state index in [4.69, 9.17) is 5.73 Å². The predicted molar refractivity (Wildman–Crippen MR) is 64.7 cm³/mol. The molecular weight excluding hydrogens is 257 g/mol. The van der Waals surface area contributed by atoms with Gasteiger partial charge in [0.2, 0.25) is 10.0 Å². The molecule has 0 saturated heterocycles. The van der Waals surface area contributed by atoms with Gasteiger partial charge in [0.25, 0.3) is 0 Å². The van der Waals surface area contributed by atoms with E-state index in [1.165, 1.54) is 0 Å². The van der Waals surface area contributed by atoms with Gasteiger partial charge >= 0.3 is 0 Å². The normalized spacial score (nSPS) is 24.3. The number of pyridine rings is 1. The number of nitrogens with zero attached hydrogens (tertiary/aromatic N) is 1. The highest BCUT2D eigenvalue weighted by molar-refractivity contribution is 7.89. The first-order valence-corrected chi connectivity index (χ1v) is 7.34. The van der Waals surface area contributed by atoms with Gasteiger partial charge in [0.05, 0.1) is 6.20 Å². The smallest absolute Gasteiger partial charge is 0.242 e. The molecule has 2 unspecified atom stereocenters. The molecule has 2 atom stereocenters. The van der Waals surface area contributed by atoms with E-state index >= 15 is 0 Å². The van der Waals surface area contributed by atoms with Crippen LogP contribution in [0.25, 0.3) is 0 Å². The van der Waals surface area contributed by atoms with E-state index in [-0.39, 0.29) is 16.9 Å². The molecule has 1 aliphatic rings. The number of hydrogen-bond acceptors (Lipinski definition) is 4. The Kier molecular flexibility index (Phi) is 3.94. The van der Waals surface area contributed by atoms with E-state index in [0.717, 1.165) is 37.7 Å². The van der Waals surface area contributed by atoms with Crippen molar-refractivity contribution in [1.82, 2.24) is 9.71 Å². The molecule has 1 aliphatic carbocycles. The summed E-state index contributed by atoms with van der Waals surface area (Å²) >= 11 is 0. The van der Waals surface area contributed by atoms with E-state index in [1.54, 1.807) is 0 Å². The molecule has 0 amide bonds. The Hall–Kier alpha value is -1.05. The molecule has 1 saturated carbocycles. The van der Waals surface area contributed by atoms with Gasteiger partial charge < -0.3 is 5.73 Å². The Morgan fingerprint density at radius 2 is 2.22 bits per heavy atom. The van der Waals surface area contributed by atoms with Crippen molar-refractivity contribution >= 4 is 10.0 Å². The summed E-state index contributed by atoms with van der Waals surface area (Å²) in [6.07, 6.45) is 4.75. The summed E-state index contributed by atoms with van der Waals surface area (Å²) in [6, 6.07) is 0.796. The molecule has 1 aromatic heterocycles. The molecule has 0 aromatic carbocycles. The Bertz CT molecular complexity index is 521. The van der Waals surface area contributed by atoms with Crippen LogP contribution < -0.4 is 10.5 Å². The van der Waals surface area contributed by atoms with Crippen molar-refractivity contribution in [3.8, 4) is 0 Å². The molecule has 18 heavy (non-hydrogen) atoms. The van der Waals surface area contributed by atoms with Gasteiger partial charge in [-0.3, -0.25) is 4.98 Å². The zero-order valence-corrected chi connectivity index (χ0v) is 10.7. The summed E-state index contributed by atoms with van der Waals surface area (Å²) in [5.74, 6) is -0.513. The van der Waals surface area contributed by atoms with Crippen LogP contribution in [-0.4, -0.2) is 26.0 Å². The van der Waals surface area contributed by atoms with Crippen LogP contribution in [0.15, 0.2) is 23.4 Å². The highest BCUT2D eigenvalue weighted by atomic mass is 32.2. The zero-order valence-electron chi connectivity index (χ0n) is 9.84. The van der Waals surface area contributed by atoms with Crippen LogP contribution in [0.1, 0.15) is 19.3 Å². The van der Waals surface area contributed by atoms with Crippen LogP contribution in [-0.2, 0) is 10.0 Å². The lowest BCUT2D eigenvalue weighted by atomic mass is 10.1. The maximum atomic E-state index is 13.0. The van der Waals surface area contributed by atoms with Gasteiger partial charge in [0.15, 0.2) is 0 Å².